The fourth-order valence-corrected chi connectivity index (χ4v) is 1.52. The summed E-state index contributed by atoms with van der Waals surface area (Å²) in [5.74, 6) is 5.69. The maximum absolute atomic E-state index is 9.83. The summed E-state index contributed by atoms with van der Waals surface area (Å²) in [6.45, 7) is 1.78. The SMILES string of the molecule is CC#CCCC(O)c1ccc(Cl)cc1N. The van der Waals surface area contributed by atoms with Crippen LogP contribution in [0.2, 0.25) is 5.02 Å². The minimum Gasteiger partial charge on any atom is -0.398 e. The molecule has 0 saturated heterocycles. The summed E-state index contributed by atoms with van der Waals surface area (Å²) in [6, 6.07) is 5.12. The van der Waals surface area contributed by atoms with Crippen LogP contribution in [-0.4, -0.2) is 5.11 Å². The third-order valence-electron chi connectivity index (χ3n) is 2.13. The molecule has 0 radical (unpaired) electrons. The monoisotopic (exact) mass is 223 g/mol. The molecule has 1 unspecified atom stereocenters. The van der Waals surface area contributed by atoms with Gasteiger partial charge in [-0.2, -0.15) is 0 Å². The Bertz CT molecular complexity index is 392. The topological polar surface area (TPSA) is 46.2 Å². The quantitative estimate of drug-likeness (QED) is 0.612. The molecule has 0 heterocycles. The summed E-state index contributed by atoms with van der Waals surface area (Å²) < 4.78 is 0. The highest BCUT2D eigenvalue weighted by Gasteiger charge is 2.10. The van der Waals surface area contributed by atoms with Crippen molar-refractivity contribution < 1.29 is 5.11 Å². The molecule has 1 rings (SSSR count). The third kappa shape index (κ3) is 3.47. The van der Waals surface area contributed by atoms with Gasteiger partial charge in [-0.25, -0.2) is 0 Å². The number of aliphatic hydroxyl groups excluding tert-OH is 1. The van der Waals surface area contributed by atoms with Crippen LogP contribution in [0.1, 0.15) is 31.4 Å². The average Bonchev–Trinajstić information content (AvgIpc) is 2.17. The second-order valence-corrected chi connectivity index (χ2v) is 3.69. The lowest BCUT2D eigenvalue weighted by Gasteiger charge is -2.12. The summed E-state index contributed by atoms with van der Waals surface area (Å²) in [7, 11) is 0. The van der Waals surface area contributed by atoms with Crippen molar-refractivity contribution in [1.29, 1.82) is 0 Å². The maximum atomic E-state index is 9.83. The molecule has 2 nitrogen and oxygen atoms in total. The number of nitrogens with two attached hydrogens (primary N) is 1. The van der Waals surface area contributed by atoms with Gasteiger partial charge in [-0.05, 0) is 25.5 Å². The second kappa shape index (κ2) is 5.65. The number of anilines is 1. The van der Waals surface area contributed by atoms with E-state index in [1.807, 2.05) is 0 Å². The van der Waals surface area contributed by atoms with Crippen molar-refractivity contribution in [3.8, 4) is 11.8 Å². The molecule has 80 valence electrons. The number of hydrogen-bond acceptors (Lipinski definition) is 2. The first-order valence-electron chi connectivity index (χ1n) is 4.77. The first-order valence-corrected chi connectivity index (χ1v) is 5.15. The zero-order valence-electron chi connectivity index (χ0n) is 8.63. The van der Waals surface area contributed by atoms with E-state index in [4.69, 9.17) is 17.3 Å². The summed E-state index contributed by atoms with van der Waals surface area (Å²) in [5.41, 5.74) is 6.99. The summed E-state index contributed by atoms with van der Waals surface area (Å²) in [5, 5.41) is 10.4. The molecule has 0 aliphatic heterocycles. The van der Waals surface area contributed by atoms with Crippen LogP contribution < -0.4 is 5.73 Å². The standard InChI is InChI=1S/C12H14ClNO/c1-2-3-4-5-12(15)10-7-6-9(13)8-11(10)14/h6-8,12,15H,4-5,14H2,1H3. The molecule has 0 amide bonds. The van der Waals surface area contributed by atoms with E-state index in [9.17, 15) is 5.11 Å². The molecule has 1 aromatic rings. The van der Waals surface area contributed by atoms with Crippen molar-refractivity contribution in [3.63, 3.8) is 0 Å². The van der Waals surface area contributed by atoms with E-state index in [-0.39, 0.29) is 0 Å². The Morgan fingerprint density at radius 2 is 2.27 bits per heavy atom. The zero-order valence-corrected chi connectivity index (χ0v) is 9.38. The molecule has 15 heavy (non-hydrogen) atoms. The van der Waals surface area contributed by atoms with Crippen LogP contribution in [0.5, 0.6) is 0 Å². The Balaban J connectivity index is 2.71. The van der Waals surface area contributed by atoms with Crippen LogP contribution in [0.15, 0.2) is 18.2 Å². The molecule has 3 N–H and O–H groups in total. The van der Waals surface area contributed by atoms with Crippen molar-refractivity contribution >= 4 is 17.3 Å². The van der Waals surface area contributed by atoms with E-state index in [0.717, 1.165) is 5.56 Å². The van der Waals surface area contributed by atoms with Crippen LogP contribution in [0.3, 0.4) is 0 Å². The third-order valence-corrected chi connectivity index (χ3v) is 2.36. The van der Waals surface area contributed by atoms with E-state index in [1.54, 1.807) is 25.1 Å². The van der Waals surface area contributed by atoms with Gasteiger partial charge in [0.2, 0.25) is 0 Å². The van der Waals surface area contributed by atoms with Gasteiger partial charge in [0.15, 0.2) is 0 Å². The molecule has 1 atom stereocenters. The number of halogens is 1. The molecular weight excluding hydrogens is 210 g/mol. The summed E-state index contributed by atoms with van der Waals surface area (Å²) >= 11 is 5.76. The Labute approximate surface area is 95.1 Å². The summed E-state index contributed by atoms with van der Waals surface area (Å²) in [4.78, 5) is 0. The molecular formula is C12H14ClNO. The molecule has 0 bridgehead atoms. The number of benzene rings is 1. The van der Waals surface area contributed by atoms with Gasteiger partial charge in [0, 0.05) is 22.7 Å². The van der Waals surface area contributed by atoms with Gasteiger partial charge in [0.05, 0.1) is 6.10 Å². The maximum Gasteiger partial charge on any atom is 0.0819 e. The predicted molar refractivity (Wildman–Crippen MR) is 63.5 cm³/mol. The smallest absolute Gasteiger partial charge is 0.0819 e. The lowest BCUT2D eigenvalue weighted by molar-refractivity contribution is 0.170. The average molecular weight is 224 g/mol. The Hall–Kier alpha value is -1.17. The second-order valence-electron chi connectivity index (χ2n) is 3.25. The van der Waals surface area contributed by atoms with Gasteiger partial charge in [-0.1, -0.05) is 17.7 Å². The van der Waals surface area contributed by atoms with Crippen molar-refractivity contribution in [2.45, 2.75) is 25.9 Å². The normalized spacial score (nSPS) is 11.7. The van der Waals surface area contributed by atoms with Crippen LogP contribution in [0, 0.1) is 11.8 Å². The number of aliphatic hydroxyl groups is 1. The Morgan fingerprint density at radius 3 is 2.87 bits per heavy atom. The van der Waals surface area contributed by atoms with E-state index in [1.165, 1.54) is 0 Å². The largest absolute Gasteiger partial charge is 0.398 e. The highest BCUT2D eigenvalue weighted by Crippen LogP contribution is 2.26. The van der Waals surface area contributed by atoms with E-state index in [2.05, 4.69) is 11.8 Å². The van der Waals surface area contributed by atoms with E-state index in [0.29, 0.717) is 23.6 Å². The van der Waals surface area contributed by atoms with Crippen molar-refractivity contribution in [1.82, 2.24) is 0 Å². The molecule has 0 aromatic heterocycles. The van der Waals surface area contributed by atoms with Crippen molar-refractivity contribution in [2.75, 3.05) is 5.73 Å². The highest BCUT2D eigenvalue weighted by atomic mass is 35.5. The highest BCUT2D eigenvalue weighted by molar-refractivity contribution is 6.30. The van der Waals surface area contributed by atoms with Crippen molar-refractivity contribution in [2.24, 2.45) is 0 Å². The molecule has 0 spiro atoms. The van der Waals surface area contributed by atoms with Crippen LogP contribution >= 0.6 is 11.6 Å². The minimum absolute atomic E-state index is 0.527. The molecule has 0 aliphatic carbocycles. The van der Waals surface area contributed by atoms with Crippen LogP contribution in [-0.2, 0) is 0 Å². The number of nitrogen functional groups attached to an aromatic ring is 1. The molecule has 0 aliphatic rings. The van der Waals surface area contributed by atoms with Crippen LogP contribution in [0.4, 0.5) is 5.69 Å². The van der Waals surface area contributed by atoms with E-state index >= 15 is 0 Å². The molecule has 0 fully saturated rings. The Kier molecular flexibility index (Phi) is 4.48. The van der Waals surface area contributed by atoms with Gasteiger partial charge < -0.3 is 10.8 Å². The minimum atomic E-state index is -0.567. The van der Waals surface area contributed by atoms with Gasteiger partial charge in [0.1, 0.15) is 0 Å². The number of hydrogen-bond donors (Lipinski definition) is 2. The van der Waals surface area contributed by atoms with Gasteiger partial charge >= 0.3 is 0 Å². The Morgan fingerprint density at radius 1 is 1.53 bits per heavy atom. The van der Waals surface area contributed by atoms with E-state index < -0.39 is 6.10 Å². The fraction of sp³-hybridized carbons (Fsp3) is 0.333. The van der Waals surface area contributed by atoms with Gasteiger partial charge in [-0.3, -0.25) is 0 Å². The molecule has 1 aromatic carbocycles. The van der Waals surface area contributed by atoms with Gasteiger partial charge in [0.25, 0.3) is 0 Å². The zero-order chi connectivity index (χ0) is 11.3. The first kappa shape index (κ1) is 11.9. The summed E-state index contributed by atoms with van der Waals surface area (Å²) in [6.07, 6.45) is 0.690. The van der Waals surface area contributed by atoms with Gasteiger partial charge in [-0.15, -0.1) is 11.8 Å². The predicted octanol–water partition coefficient (Wildman–Crippen LogP) is 2.76. The lowest BCUT2D eigenvalue weighted by atomic mass is 10.0. The fourth-order valence-electron chi connectivity index (χ4n) is 1.34. The van der Waals surface area contributed by atoms with Crippen LogP contribution in [0.25, 0.3) is 0 Å². The molecule has 3 heteroatoms. The number of rotatable bonds is 3. The first-order chi connectivity index (χ1) is 7.15. The molecule has 0 saturated carbocycles. The van der Waals surface area contributed by atoms with Crippen molar-refractivity contribution in [3.05, 3.63) is 28.8 Å². The lowest BCUT2D eigenvalue weighted by Crippen LogP contribution is -2.01.